The molecule has 0 spiro atoms. The van der Waals surface area contributed by atoms with Gasteiger partial charge in [-0.1, -0.05) is 24.3 Å². The standard InChI is InChI=1S/C21H20N4O3/c1-13-18(14-6-9-16(22-5)10-7-14)19(26)25(24-13)17-11-8-15(12-23-17)20(27)28-21(2,3)4/h6-12,24H,1-4H3. The lowest BCUT2D eigenvalue weighted by Gasteiger charge is -2.19. The van der Waals surface area contributed by atoms with E-state index >= 15 is 0 Å². The van der Waals surface area contributed by atoms with E-state index in [4.69, 9.17) is 11.3 Å². The van der Waals surface area contributed by atoms with Gasteiger partial charge in [-0.3, -0.25) is 9.89 Å². The van der Waals surface area contributed by atoms with Gasteiger partial charge in [-0.05, 0) is 45.4 Å². The van der Waals surface area contributed by atoms with Gasteiger partial charge in [0.25, 0.3) is 5.56 Å². The van der Waals surface area contributed by atoms with E-state index in [-0.39, 0.29) is 5.56 Å². The highest BCUT2D eigenvalue weighted by atomic mass is 16.6. The average Bonchev–Trinajstić information content (AvgIpc) is 2.95. The van der Waals surface area contributed by atoms with Gasteiger partial charge in [0.2, 0.25) is 0 Å². The maximum Gasteiger partial charge on any atom is 0.340 e. The Balaban J connectivity index is 1.94. The number of aromatic nitrogens is 3. The number of rotatable bonds is 3. The lowest BCUT2D eigenvalue weighted by atomic mass is 10.1. The van der Waals surface area contributed by atoms with Crippen molar-refractivity contribution >= 4 is 11.7 Å². The van der Waals surface area contributed by atoms with Crippen molar-refractivity contribution in [3.8, 4) is 16.9 Å². The Morgan fingerprint density at radius 3 is 2.39 bits per heavy atom. The first-order valence-corrected chi connectivity index (χ1v) is 8.69. The number of aryl methyl sites for hydroxylation is 1. The number of nitrogens with one attached hydrogen (secondary N) is 1. The lowest BCUT2D eigenvalue weighted by molar-refractivity contribution is 0.00691. The second-order valence-electron chi connectivity index (χ2n) is 7.32. The molecule has 7 heteroatoms. The van der Waals surface area contributed by atoms with Crippen LogP contribution in [0.4, 0.5) is 5.69 Å². The number of carbonyl (C=O) groups excluding carboxylic acids is 1. The number of pyridine rings is 1. The number of aromatic amines is 1. The first-order chi connectivity index (χ1) is 13.2. The van der Waals surface area contributed by atoms with E-state index in [0.29, 0.717) is 28.3 Å². The zero-order valence-electron chi connectivity index (χ0n) is 16.1. The van der Waals surface area contributed by atoms with E-state index in [1.54, 1.807) is 64.1 Å². The summed E-state index contributed by atoms with van der Waals surface area (Å²) in [5, 5.41) is 3.01. The van der Waals surface area contributed by atoms with Gasteiger partial charge in [-0.2, -0.15) is 0 Å². The van der Waals surface area contributed by atoms with Crippen LogP contribution in [0.15, 0.2) is 47.4 Å². The Labute approximate surface area is 162 Å². The lowest BCUT2D eigenvalue weighted by Crippen LogP contribution is -2.24. The Morgan fingerprint density at radius 1 is 1.18 bits per heavy atom. The number of nitrogens with zero attached hydrogens (tertiary/aromatic N) is 3. The molecule has 142 valence electrons. The Hall–Kier alpha value is -3.66. The number of hydrogen-bond acceptors (Lipinski definition) is 4. The molecule has 0 bridgehead atoms. The SMILES string of the molecule is [C-]#[N+]c1ccc(-c2c(C)[nH]n(-c3ccc(C(=O)OC(C)(C)C)cn3)c2=O)cc1. The van der Waals surface area contributed by atoms with Gasteiger partial charge in [0.05, 0.1) is 17.7 Å². The van der Waals surface area contributed by atoms with Crippen LogP contribution in [0.2, 0.25) is 0 Å². The first kappa shape index (κ1) is 19.1. The summed E-state index contributed by atoms with van der Waals surface area (Å²) < 4.78 is 6.64. The van der Waals surface area contributed by atoms with Crippen molar-refractivity contribution in [3.05, 3.63) is 75.6 Å². The van der Waals surface area contributed by atoms with Gasteiger partial charge in [0.15, 0.2) is 11.5 Å². The predicted molar refractivity (Wildman–Crippen MR) is 106 cm³/mol. The molecule has 0 aliphatic carbocycles. The molecule has 1 N–H and O–H groups in total. The quantitative estimate of drug-likeness (QED) is 0.552. The zero-order valence-corrected chi connectivity index (χ0v) is 16.1. The summed E-state index contributed by atoms with van der Waals surface area (Å²) in [4.78, 5) is 32.6. The van der Waals surface area contributed by atoms with Crippen LogP contribution in [0, 0.1) is 13.5 Å². The highest BCUT2D eigenvalue weighted by molar-refractivity contribution is 5.89. The number of benzene rings is 1. The van der Waals surface area contributed by atoms with Crippen LogP contribution in [0.1, 0.15) is 36.8 Å². The van der Waals surface area contributed by atoms with Crippen molar-refractivity contribution in [1.82, 2.24) is 14.8 Å². The molecule has 0 radical (unpaired) electrons. The minimum absolute atomic E-state index is 0.259. The predicted octanol–water partition coefficient (Wildman–Crippen LogP) is 4.04. The Morgan fingerprint density at radius 2 is 1.86 bits per heavy atom. The molecule has 2 aromatic heterocycles. The highest BCUT2D eigenvalue weighted by Crippen LogP contribution is 2.23. The molecular weight excluding hydrogens is 356 g/mol. The van der Waals surface area contributed by atoms with Crippen molar-refractivity contribution in [1.29, 1.82) is 0 Å². The Bertz CT molecular complexity index is 1110. The summed E-state index contributed by atoms with van der Waals surface area (Å²) in [6.45, 7) is 14.2. The van der Waals surface area contributed by atoms with E-state index in [1.165, 1.54) is 10.9 Å². The fourth-order valence-corrected chi connectivity index (χ4v) is 2.73. The van der Waals surface area contributed by atoms with Gasteiger partial charge >= 0.3 is 5.97 Å². The van der Waals surface area contributed by atoms with Crippen molar-refractivity contribution in [2.24, 2.45) is 0 Å². The molecule has 3 aromatic rings. The molecule has 0 unspecified atom stereocenters. The number of hydrogen-bond donors (Lipinski definition) is 1. The fourth-order valence-electron chi connectivity index (χ4n) is 2.73. The second-order valence-corrected chi connectivity index (χ2v) is 7.32. The van der Waals surface area contributed by atoms with Gasteiger partial charge in [0.1, 0.15) is 5.60 Å². The summed E-state index contributed by atoms with van der Waals surface area (Å²) in [6.07, 6.45) is 1.39. The number of carbonyl (C=O) groups is 1. The van der Waals surface area contributed by atoms with Crippen LogP contribution in [0.25, 0.3) is 21.8 Å². The summed E-state index contributed by atoms with van der Waals surface area (Å²) in [5.74, 6) is -0.105. The van der Waals surface area contributed by atoms with Crippen molar-refractivity contribution < 1.29 is 9.53 Å². The van der Waals surface area contributed by atoms with Crippen molar-refractivity contribution in [3.63, 3.8) is 0 Å². The summed E-state index contributed by atoms with van der Waals surface area (Å²) in [5.41, 5.74) is 1.87. The maximum absolute atomic E-state index is 12.9. The minimum atomic E-state index is -0.596. The Kier molecular flexibility index (Phi) is 4.89. The monoisotopic (exact) mass is 376 g/mol. The molecule has 1 aromatic carbocycles. The van der Waals surface area contributed by atoms with Crippen LogP contribution in [0.5, 0.6) is 0 Å². The van der Waals surface area contributed by atoms with E-state index in [0.717, 1.165) is 5.56 Å². The van der Waals surface area contributed by atoms with E-state index < -0.39 is 11.6 Å². The summed E-state index contributed by atoms with van der Waals surface area (Å²) >= 11 is 0. The van der Waals surface area contributed by atoms with Crippen molar-refractivity contribution in [2.45, 2.75) is 33.3 Å². The average molecular weight is 376 g/mol. The van der Waals surface area contributed by atoms with Crippen LogP contribution in [0.3, 0.4) is 0 Å². The molecule has 28 heavy (non-hydrogen) atoms. The second kappa shape index (κ2) is 7.16. The van der Waals surface area contributed by atoms with Crippen LogP contribution in [-0.2, 0) is 4.74 Å². The molecule has 0 atom stereocenters. The molecule has 3 rings (SSSR count). The number of ether oxygens (including phenoxy) is 1. The van der Waals surface area contributed by atoms with Crippen LogP contribution < -0.4 is 5.56 Å². The fraction of sp³-hybridized carbons (Fsp3) is 0.238. The third-order valence-electron chi connectivity index (χ3n) is 3.97. The molecule has 0 saturated heterocycles. The normalized spacial score (nSPS) is 11.1. The van der Waals surface area contributed by atoms with Crippen molar-refractivity contribution in [2.75, 3.05) is 0 Å². The van der Waals surface area contributed by atoms with Crippen LogP contribution >= 0.6 is 0 Å². The molecule has 0 aliphatic heterocycles. The van der Waals surface area contributed by atoms with Gasteiger partial charge < -0.3 is 4.74 Å². The topological polar surface area (TPSA) is 81.3 Å². The number of esters is 1. The van der Waals surface area contributed by atoms with Gasteiger partial charge in [0, 0.05) is 11.9 Å². The number of H-pyrrole nitrogens is 1. The third-order valence-corrected chi connectivity index (χ3v) is 3.97. The molecular formula is C21H20N4O3. The zero-order chi connectivity index (χ0) is 20.5. The maximum atomic E-state index is 12.9. The molecule has 0 amide bonds. The smallest absolute Gasteiger partial charge is 0.340 e. The molecule has 0 aliphatic rings. The molecule has 2 heterocycles. The summed E-state index contributed by atoms with van der Waals surface area (Å²) in [7, 11) is 0. The molecule has 0 saturated carbocycles. The van der Waals surface area contributed by atoms with Gasteiger partial charge in [-0.15, -0.1) is 0 Å². The molecule has 0 fully saturated rings. The largest absolute Gasteiger partial charge is 0.456 e. The summed E-state index contributed by atoms with van der Waals surface area (Å²) in [6, 6.07) is 9.99. The minimum Gasteiger partial charge on any atom is -0.456 e. The van der Waals surface area contributed by atoms with E-state index in [2.05, 4.69) is 14.9 Å². The molecule has 7 nitrogen and oxygen atoms in total. The van der Waals surface area contributed by atoms with E-state index in [9.17, 15) is 9.59 Å². The van der Waals surface area contributed by atoms with E-state index in [1.807, 2.05) is 0 Å². The van der Waals surface area contributed by atoms with Crippen LogP contribution in [-0.4, -0.2) is 26.3 Å². The van der Waals surface area contributed by atoms with Gasteiger partial charge in [-0.25, -0.2) is 19.3 Å². The third kappa shape index (κ3) is 3.86. The first-order valence-electron chi connectivity index (χ1n) is 8.69. The highest BCUT2D eigenvalue weighted by Gasteiger charge is 2.19.